The van der Waals surface area contributed by atoms with Gasteiger partial charge >= 0.3 is 5.97 Å². The van der Waals surface area contributed by atoms with E-state index in [1.165, 1.54) is 16.7 Å². The molecule has 2 aliphatic rings. The Hall–Kier alpha value is -2.22. The molecule has 1 aliphatic heterocycles. The largest absolute Gasteiger partial charge is 0.476 e. The first-order valence-corrected chi connectivity index (χ1v) is 9.50. The van der Waals surface area contributed by atoms with E-state index < -0.39 is 5.97 Å². The summed E-state index contributed by atoms with van der Waals surface area (Å²) < 4.78 is 5.44. The number of hydrogen-bond acceptors (Lipinski definition) is 6. The van der Waals surface area contributed by atoms with Gasteiger partial charge in [-0.2, -0.15) is 0 Å². The topological polar surface area (TPSA) is 96.5 Å². The monoisotopic (exact) mass is 361 g/mol. The molecule has 0 aromatic carbocycles. The number of carboxylic acids is 1. The van der Waals surface area contributed by atoms with E-state index in [-0.39, 0.29) is 17.6 Å². The van der Waals surface area contributed by atoms with E-state index in [1.54, 1.807) is 4.90 Å². The summed E-state index contributed by atoms with van der Waals surface area (Å²) in [6, 6.07) is -0.177. The van der Waals surface area contributed by atoms with Crippen LogP contribution in [-0.2, 0) is 12.8 Å². The van der Waals surface area contributed by atoms with Gasteiger partial charge in [-0.15, -0.1) is 11.3 Å². The highest BCUT2D eigenvalue weighted by molar-refractivity contribution is 7.09. The Labute approximate surface area is 148 Å². The number of amides is 1. The van der Waals surface area contributed by atoms with E-state index in [1.807, 2.05) is 0 Å². The van der Waals surface area contributed by atoms with Crippen molar-refractivity contribution in [2.75, 3.05) is 6.54 Å². The van der Waals surface area contributed by atoms with Crippen molar-refractivity contribution in [3.63, 3.8) is 0 Å². The molecule has 132 valence electrons. The Balaban J connectivity index is 1.61. The number of hydrogen-bond donors (Lipinski definition) is 1. The van der Waals surface area contributed by atoms with Crippen molar-refractivity contribution in [1.82, 2.24) is 15.0 Å². The molecule has 1 atom stereocenters. The van der Waals surface area contributed by atoms with Crippen molar-refractivity contribution in [2.45, 2.75) is 51.0 Å². The van der Waals surface area contributed by atoms with Crippen molar-refractivity contribution < 1.29 is 19.2 Å². The van der Waals surface area contributed by atoms with Gasteiger partial charge in [0.05, 0.1) is 6.04 Å². The number of carbonyl (C=O) groups excluding carboxylic acids is 1. The summed E-state index contributed by atoms with van der Waals surface area (Å²) in [5.41, 5.74) is 1.42. The number of nitrogens with zero attached hydrogens (tertiary/aromatic N) is 3. The van der Waals surface area contributed by atoms with Crippen LogP contribution in [0.15, 0.2) is 9.90 Å². The highest BCUT2D eigenvalue weighted by Crippen LogP contribution is 2.36. The van der Waals surface area contributed by atoms with Gasteiger partial charge in [0.25, 0.3) is 5.91 Å². The fraction of sp³-hybridized carbons (Fsp3) is 0.529. The van der Waals surface area contributed by atoms with Crippen molar-refractivity contribution >= 4 is 23.2 Å². The summed E-state index contributed by atoms with van der Waals surface area (Å²) in [6.45, 7) is 0.632. The average molecular weight is 361 g/mol. The highest BCUT2D eigenvalue weighted by atomic mass is 32.1. The van der Waals surface area contributed by atoms with E-state index in [4.69, 9.17) is 9.63 Å². The third-order valence-corrected chi connectivity index (χ3v) is 5.89. The average Bonchev–Trinajstić information content (AvgIpc) is 3.30. The van der Waals surface area contributed by atoms with Crippen LogP contribution in [0, 0.1) is 0 Å². The zero-order chi connectivity index (χ0) is 17.4. The van der Waals surface area contributed by atoms with Crippen LogP contribution in [0.2, 0.25) is 0 Å². The van der Waals surface area contributed by atoms with E-state index in [9.17, 15) is 9.59 Å². The summed E-state index contributed by atoms with van der Waals surface area (Å²) in [4.78, 5) is 30.1. The van der Waals surface area contributed by atoms with Crippen LogP contribution in [0.3, 0.4) is 0 Å². The maximum atomic E-state index is 13.1. The lowest BCUT2D eigenvalue weighted by atomic mass is 10.1. The second kappa shape index (κ2) is 6.59. The van der Waals surface area contributed by atoms with E-state index in [2.05, 4.69) is 10.1 Å². The quantitative estimate of drug-likeness (QED) is 0.844. The molecule has 2 aromatic rings. The van der Waals surface area contributed by atoms with Crippen LogP contribution in [-0.4, -0.2) is 38.6 Å². The molecule has 4 rings (SSSR count). The van der Waals surface area contributed by atoms with Crippen molar-refractivity contribution in [3.8, 4) is 0 Å². The van der Waals surface area contributed by atoms with Gasteiger partial charge in [-0.25, -0.2) is 9.78 Å². The molecule has 1 unspecified atom stereocenters. The molecule has 0 spiro atoms. The number of likely N-dealkylation sites (tertiary alicyclic amines) is 1. The number of rotatable bonds is 3. The number of carbonyl (C=O) groups is 2. The normalized spacial score (nSPS) is 20.3. The minimum absolute atomic E-state index is 0.0367. The Kier molecular flexibility index (Phi) is 4.29. The Morgan fingerprint density at radius 2 is 2.08 bits per heavy atom. The minimum atomic E-state index is -1.04. The maximum absolute atomic E-state index is 13.1. The van der Waals surface area contributed by atoms with Crippen LogP contribution in [0.4, 0.5) is 0 Å². The number of carboxylic acid groups (broad SMARTS) is 1. The number of aromatic carboxylic acids is 1. The van der Waals surface area contributed by atoms with E-state index in [0.717, 1.165) is 56.3 Å². The zero-order valence-corrected chi connectivity index (χ0v) is 14.5. The molecular formula is C17H19N3O4S. The molecule has 1 amide bonds. The lowest BCUT2D eigenvalue weighted by Crippen LogP contribution is -2.31. The second-order valence-corrected chi connectivity index (χ2v) is 7.42. The minimum Gasteiger partial charge on any atom is -0.476 e. The molecule has 25 heavy (non-hydrogen) atoms. The Morgan fingerprint density at radius 1 is 1.24 bits per heavy atom. The van der Waals surface area contributed by atoms with Gasteiger partial charge in [-0.3, -0.25) is 4.79 Å². The van der Waals surface area contributed by atoms with Crippen LogP contribution in [0.5, 0.6) is 0 Å². The predicted octanol–water partition coefficient (Wildman–Crippen LogP) is 3.08. The molecule has 0 saturated carbocycles. The van der Waals surface area contributed by atoms with Gasteiger partial charge in [-0.05, 0) is 32.1 Å². The Bertz CT molecular complexity index is 813. The lowest BCUT2D eigenvalue weighted by Gasteiger charge is -2.22. The summed E-state index contributed by atoms with van der Waals surface area (Å²) in [5, 5.41) is 15.3. The van der Waals surface area contributed by atoms with Gasteiger partial charge in [0.2, 0.25) is 0 Å². The highest BCUT2D eigenvalue weighted by Gasteiger charge is 2.36. The van der Waals surface area contributed by atoms with Gasteiger partial charge < -0.3 is 14.5 Å². The van der Waals surface area contributed by atoms with Crippen molar-refractivity contribution in [3.05, 3.63) is 33.1 Å². The molecule has 1 aliphatic carbocycles. The molecule has 7 nitrogen and oxygen atoms in total. The zero-order valence-electron chi connectivity index (χ0n) is 13.7. The molecule has 0 radical (unpaired) electrons. The van der Waals surface area contributed by atoms with Gasteiger partial charge in [-0.1, -0.05) is 11.6 Å². The SMILES string of the molecule is O=C(O)c1csc(C2CCCN2C(=O)c2noc3c2CCCCC3)n1. The number of thiazole rings is 1. The molecule has 3 heterocycles. The third-order valence-electron chi connectivity index (χ3n) is 4.94. The summed E-state index contributed by atoms with van der Waals surface area (Å²) >= 11 is 1.30. The molecule has 0 bridgehead atoms. The standard InChI is InChI=1S/C17H19N3O4S/c21-16(14-10-5-2-1-3-7-13(10)24-19-14)20-8-4-6-12(20)15-18-11(9-25-15)17(22)23/h9,12H,1-8H2,(H,22,23). The van der Waals surface area contributed by atoms with Crippen LogP contribution < -0.4 is 0 Å². The van der Waals surface area contributed by atoms with Crippen molar-refractivity contribution in [2.24, 2.45) is 0 Å². The van der Waals surface area contributed by atoms with Crippen LogP contribution in [0.25, 0.3) is 0 Å². The van der Waals surface area contributed by atoms with Crippen molar-refractivity contribution in [1.29, 1.82) is 0 Å². The molecule has 1 N–H and O–H groups in total. The molecular weight excluding hydrogens is 342 g/mol. The fourth-order valence-corrected chi connectivity index (χ4v) is 4.61. The second-order valence-electron chi connectivity index (χ2n) is 6.53. The molecule has 1 saturated heterocycles. The fourth-order valence-electron chi connectivity index (χ4n) is 3.67. The summed E-state index contributed by atoms with van der Waals surface area (Å²) in [6.07, 6.45) is 6.59. The molecule has 8 heteroatoms. The van der Waals surface area contributed by atoms with Gasteiger partial charge in [0, 0.05) is 23.9 Å². The van der Waals surface area contributed by atoms with E-state index >= 15 is 0 Å². The summed E-state index contributed by atoms with van der Waals surface area (Å²) in [5.74, 6) is -0.319. The molecule has 2 aromatic heterocycles. The third kappa shape index (κ3) is 2.95. The lowest BCUT2D eigenvalue weighted by molar-refractivity contribution is 0.0691. The first-order chi connectivity index (χ1) is 12.1. The maximum Gasteiger partial charge on any atom is 0.355 e. The van der Waals surface area contributed by atoms with Gasteiger partial charge in [0.1, 0.15) is 10.8 Å². The van der Waals surface area contributed by atoms with Crippen LogP contribution in [0.1, 0.15) is 75.5 Å². The van der Waals surface area contributed by atoms with Crippen LogP contribution >= 0.6 is 11.3 Å². The molecule has 1 fully saturated rings. The first-order valence-electron chi connectivity index (χ1n) is 8.62. The number of aryl methyl sites for hydroxylation is 1. The van der Waals surface area contributed by atoms with Gasteiger partial charge in [0.15, 0.2) is 11.4 Å². The number of fused-ring (bicyclic) bond motifs is 1. The Morgan fingerprint density at radius 3 is 2.88 bits per heavy atom. The first kappa shape index (κ1) is 16.3. The van der Waals surface area contributed by atoms with E-state index in [0.29, 0.717) is 17.2 Å². The predicted molar refractivity (Wildman–Crippen MR) is 89.8 cm³/mol. The number of aromatic nitrogens is 2. The summed E-state index contributed by atoms with van der Waals surface area (Å²) in [7, 11) is 0. The smallest absolute Gasteiger partial charge is 0.355 e.